The van der Waals surface area contributed by atoms with E-state index in [-0.39, 0.29) is 11.8 Å². The van der Waals surface area contributed by atoms with Crippen molar-refractivity contribution in [3.63, 3.8) is 0 Å². The van der Waals surface area contributed by atoms with Crippen LogP contribution >= 0.6 is 0 Å². The zero-order chi connectivity index (χ0) is 17.6. The molecule has 2 rings (SSSR count). The fraction of sp³-hybridized carbons (Fsp3) is 0.350. The second-order valence-corrected chi connectivity index (χ2v) is 6.80. The van der Waals surface area contributed by atoms with Crippen LogP contribution in [0.25, 0.3) is 0 Å². The average molecular weight is 327 g/mol. The number of carbonyl (C=O) groups excluding carboxylic acids is 1. The predicted octanol–water partition coefficient (Wildman–Crippen LogP) is 4.37. The van der Waals surface area contributed by atoms with Gasteiger partial charge in [-0.25, -0.2) is 4.79 Å². The molecule has 0 aliphatic heterocycles. The topological polar surface area (TPSA) is 49.8 Å². The van der Waals surface area contributed by atoms with Crippen molar-refractivity contribution < 1.29 is 14.6 Å². The van der Waals surface area contributed by atoms with Crippen molar-refractivity contribution in [1.82, 2.24) is 4.90 Å². The lowest BCUT2D eigenvalue weighted by molar-refractivity contribution is 0.0236. The number of benzene rings is 2. The van der Waals surface area contributed by atoms with Crippen LogP contribution in [0.4, 0.5) is 4.79 Å². The summed E-state index contributed by atoms with van der Waals surface area (Å²) < 4.78 is 5.53. The standard InChI is InChI=1S/C20H25NO3/c1-20(2,3)24-19(23)21(15-17-7-5-4-6-8-17)14-13-16-9-11-18(22)12-10-16/h4-12,22H,13-15H2,1-3H3. The molecule has 0 aliphatic rings. The highest BCUT2D eigenvalue weighted by atomic mass is 16.6. The summed E-state index contributed by atoms with van der Waals surface area (Å²) in [5.41, 5.74) is 1.60. The van der Waals surface area contributed by atoms with E-state index in [9.17, 15) is 9.90 Å². The maximum absolute atomic E-state index is 12.5. The number of ether oxygens (including phenoxy) is 1. The van der Waals surface area contributed by atoms with Crippen LogP contribution in [0.2, 0.25) is 0 Å². The molecular weight excluding hydrogens is 302 g/mol. The van der Waals surface area contributed by atoms with Gasteiger partial charge in [-0.15, -0.1) is 0 Å². The van der Waals surface area contributed by atoms with Gasteiger partial charge in [0.15, 0.2) is 0 Å². The molecule has 0 aliphatic carbocycles. The summed E-state index contributed by atoms with van der Waals surface area (Å²) >= 11 is 0. The zero-order valence-electron chi connectivity index (χ0n) is 14.5. The van der Waals surface area contributed by atoms with Gasteiger partial charge in [0, 0.05) is 13.1 Å². The first-order chi connectivity index (χ1) is 11.3. The van der Waals surface area contributed by atoms with Gasteiger partial charge in [0.2, 0.25) is 0 Å². The van der Waals surface area contributed by atoms with Gasteiger partial charge in [0.05, 0.1) is 0 Å². The first-order valence-electron chi connectivity index (χ1n) is 8.13. The van der Waals surface area contributed by atoms with E-state index in [1.807, 2.05) is 63.2 Å². The van der Waals surface area contributed by atoms with E-state index in [2.05, 4.69) is 0 Å². The molecule has 0 bridgehead atoms. The molecular formula is C20H25NO3. The SMILES string of the molecule is CC(C)(C)OC(=O)N(CCc1ccc(O)cc1)Cc1ccccc1. The smallest absolute Gasteiger partial charge is 0.410 e. The third-order valence-electron chi connectivity index (χ3n) is 3.47. The van der Waals surface area contributed by atoms with Crippen LogP contribution in [-0.2, 0) is 17.7 Å². The van der Waals surface area contributed by atoms with Crippen LogP contribution in [0.5, 0.6) is 5.75 Å². The Morgan fingerprint density at radius 3 is 2.21 bits per heavy atom. The van der Waals surface area contributed by atoms with E-state index < -0.39 is 5.60 Å². The molecule has 0 atom stereocenters. The fourth-order valence-corrected chi connectivity index (χ4v) is 2.29. The number of carbonyl (C=O) groups is 1. The van der Waals surface area contributed by atoms with Gasteiger partial charge in [-0.1, -0.05) is 42.5 Å². The summed E-state index contributed by atoms with van der Waals surface area (Å²) in [6.45, 7) is 6.66. The fourth-order valence-electron chi connectivity index (χ4n) is 2.29. The number of phenols is 1. The number of aromatic hydroxyl groups is 1. The predicted molar refractivity (Wildman–Crippen MR) is 94.9 cm³/mol. The van der Waals surface area contributed by atoms with Gasteiger partial charge in [-0.2, -0.15) is 0 Å². The Labute approximate surface area is 143 Å². The van der Waals surface area contributed by atoms with Crippen molar-refractivity contribution in [2.75, 3.05) is 6.54 Å². The van der Waals surface area contributed by atoms with E-state index in [4.69, 9.17) is 4.74 Å². The molecule has 4 nitrogen and oxygen atoms in total. The average Bonchev–Trinajstić information content (AvgIpc) is 2.52. The monoisotopic (exact) mass is 327 g/mol. The van der Waals surface area contributed by atoms with E-state index >= 15 is 0 Å². The molecule has 0 spiro atoms. The molecule has 0 radical (unpaired) electrons. The summed E-state index contributed by atoms with van der Waals surface area (Å²) in [5, 5.41) is 9.36. The van der Waals surface area contributed by atoms with Crippen molar-refractivity contribution in [3.05, 3.63) is 65.7 Å². The minimum atomic E-state index is -0.523. The largest absolute Gasteiger partial charge is 0.508 e. The molecule has 1 N–H and O–H groups in total. The molecule has 0 saturated carbocycles. The van der Waals surface area contributed by atoms with E-state index in [0.717, 1.165) is 11.1 Å². The van der Waals surface area contributed by atoms with Crippen molar-refractivity contribution in [3.8, 4) is 5.75 Å². The van der Waals surface area contributed by atoms with E-state index in [1.165, 1.54) is 0 Å². The summed E-state index contributed by atoms with van der Waals surface area (Å²) in [6, 6.07) is 16.9. The molecule has 1 amide bonds. The summed E-state index contributed by atoms with van der Waals surface area (Å²) in [5.74, 6) is 0.243. The number of nitrogens with zero attached hydrogens (tertiary/aromatic N) is 1. The van der Waals surface area contributed by atoms with Gasteiger partial charge < -0.3 is 14.7 Å². The zero-order valence-corrected chi connectivity index (χ0v) is 14.5. The summed E-state index contributed by atoms with van der Waals surface area (Å²) in [4.78, 5) is 14.2. The second kappa shape index (κ2) is 7.86. The summed E-state index contributed by atoms with van der Waals surface area (Å²) in [7, 11) is 0. The quantitative estimate of drug-likeness (QED) is 0.887. The highest BCUT2D eigenvalue weighted by molar-refractivity contribution is 5.68. The molecule has 128 valence electrons. The number of hydrogen-bond donors (Lipinski definition) is 1. The lowest BCUT2D eigenvalue weighted by atomic mass is 10.1. The minimum Gasteiger partial charge on any atom is -0.508 e. The Bertz CT molecular complexity index is 645. The van der Waals surface area contributed by atoms with Gasteiger partial charge in [-0.3, -0.25) is 0 Å². The molecule has 0 heterocycles. The maximum atomic E-state index is 12.5. The molecule has 0 unspecified atom stereocenters. The summed E-state index contributed by atoms with van der Waals surface area (Å²) in [6.07, 6.45) is 0.386. The third-order valence-corrected chi connectivity index (χ3v) is 3.47. The number of hydrogen-bond acceptors (Lipinski definition) is 3. The number of phenolic OH excluding ortho intramolecular Hbond substituents is 1. The van der Waals surface area contributed by atoms with Crippen LogP contribution in [0.3, 0.4) is 0 Å². The Balaban J connectivity index is 2.06. The van der Waals surface area contributed by atoms with Gasteiger partial charge in [0.1, 0.15) is 11.4 Å². The highest BCUT2D eigenvalue weighted by Crippen LogP contribution is 2.15. The van der Waals surface area contributed by atoms with Gasteiger partial charge >= 0.3 is 6.09 Å². The van der Waals surface area contributed by atoms with Crippen LogP contribution in [0.15, 0.2) is 54.6 Å². The molecule has 0 aromatic heterocycles. The van der Waals surface area contributed by atoms with Crippen LogP contribution in [0, 0.1) is 0 Å². The van der Waals surface area contributed by atoms with Gasteiger partial charge in [0.25, 0.3) is 0 Å². The Hall–Kier alpha value is -2.49. The maximum Gasteiger partial charge on any atom is 0.410 e. The van der Waals surface area contributed by atoms with Crippen LogP contribution < -0.4 is 0 Å². The van der Waals surface area contributed by atoms with Crippen LogP contribution in [0.1, 0.15) is 31.9 Å². The molecule has 24 heavy (non-hydrogen) atoms. The Morgan fingerprint density at radius 2 is 1.62 bits per heavy atom. The molecule has 0 saturated heterocycles. The molecule has 2 aromatic rings. The molecule has 2 aromatic carbocycles. The van der Waals surface area contributed by atoms with Crippen molar-refractivity contribution in [2.24, 2.45) is 0 Å². The molecule has 0 fully saturated rings. The Morgan fingerprint density at radius 1 is 1.00 bits per heavy atom. The first kappa shape index (κ1) is 17.9. The van der Waals surface area contributed by atoms with Gasteiger partial charge in [-0.05, 0) is 50.5 Å². The minimum absolute atomic E-state index is 0.243. The lowest BCUT2D eigenvalue weighted by Gasteiger charge is -2.27. The van der Waals surface area contributed by atoms with Crippen LogP contribution in [-0.4, -0.2) is 28.2 Å². The Kier molecular flexibility index (Phi) is 5.85. The van der Waals surface area contributed by atoms with Crippen molar-refractivity contribution in [1.29, 1.82) is 0 Å². The van der Waals surface area contributed by atoms with E-state index in [1.54, 1.807) is 17.0 Å². The third kappa shape index (κ3) is 5.95. The number of rotatable bonds is 5. The lowest BCUT2D eigenvalue weighted by Crippen LogP contribution is -2.37. The van der Waals surface area contributed by atoms with E-state index in [0.29, 0.717) is 19.5 Å². The van der Waals surface area contributed by atoms with Crippen molar-refractivity contribution in [2.45, 2.75) is 39.3 Å². The highest BCUT2D eigenvalue weighted by Gasteiger charge is 2.22. The van der Waals surface area contributed by atoms with Crippen molar-refractivity contribution >= 4 is 6.09 Å². The normalized spacial score (nSPS) is 11.1. The second-order valence-electron chi connectivity index (χ2n) is 6.80. The number of amides is 1. The molecule has 4 heteroatoms. The first-order valence-corrected chi connectivity index (χ1v) is 8.13.